The first kappa shape index (κ1) is 19.4. The van der Waals surface area contributed by atoms with E-state index in [4.69, 9.17) is 9.47 Å². The predicted molar refractivity (Wildman–Crippen MR) is 91.8 cm³/mol. The number of nitrogens with zero attached hydrogens (tertiary/aromatic N) is 3. The molecule has 1 aromatic heterocycles. The molecule has 1 heterocycles. The molecule has 0 saturated carbocycles. The van der Waals surface area contributed by atoms with Gasteiger partial charge in [0.05, 0.1) is 6.04 Å². The van der Waals surface area contributed by atoms with Gasteiger partial charge in [-0.25, -0.2) is 4.79 Å². The molecule has 2 aromatic rings. The number of hydrogen-bond donors (Lipinski definition) is 2. The minimum Gasteiger partial charge on any atom is -0.461 e. The Kier molecular flexibility index (Phi) is 6.65. The standard InChI is InChI=1S/C17H23N5O4/c1-17(2,3)26-16(24)18-13(15-19-21-22-20-15)9-10-14(23)25-11-12-7-5-4-6-8-12/h4-8,13H,9-11H2,1-3H3,(H,18,24)(H,19,20,21,22)/t13-/m0/s1. The molecule has 0 radical (unpaired) electrons. The number of carbonyl (C=O) groups excluding carboxylic acids is 2. The van der Waals surface area contributed by atoms with Gasteiger partial charge in [-0.05, 0) is 32.8 Å². The molecule has 0 unspecified atom stereocenters. The third kappa shape index (κ3) is 6.88. The number of H-pyrrole nitrogens is 1. The Morgan fingerprint density at radius 2 is 1.96 bits per heavy atom. The van der Waals surface area contributed by atoms with Crippen molar-refractivity contribution in [1.82, 2.24) is 25.9 Å². The van der Waals surface area contributed by atoms with Crippen LogP contribution < -0.4 is 5.32 Å². The van der Waals surface area contributed by atoms with Crippen LogP contribution in [0.1, 0.15) is 51.0 Å². The van der Waals surface area contributed by atoms with Crippen molar-refractivity contribution in [2.24, 2.45) is 0 Å². The average Bonchev–Trinajstić information content (AvgIpc) is 3.10. The molecular formula is C17H23N5O4. The number of rotatable bonds is 7. The molecule has 0 saturated heterocycles. The van der Waals surface area contributed by atoms with Crippen LogP contribution in [0.3, 0.4) is 0 Å². The molecule has 140 valence electrons. The zero-order valence-corrected chi connectivity index (χ0v) is 15.1. The van der Waals surface area contributed by atoms with Gasteiger partial charge >= 0.3 is 12.1 Å². The van der Waals surface area contributed by atoms with E-state index in [1.54, 1.807) is 20.8 Å². The Labute approximate surface area is 151 Å². The van der Waals surface area contributed by atoms with Crippen molar-refractivity contribution in [2.75, 3.05) is 0 Å². The lowest BCUT2D eigenvalue weighted by Crippen LogP contribution is -2.35. The van der Waals surface area contributed by atoms with Gasteiger partial charge < -0.3 is 14.8 Å². The van der Waals surface area contributed by atoms with E-state index in [9.17, 15) is 9.59 Å². The van der Waals surface area contributed by atoms with Crippen molar-refractivity contribution in [1.29, 1.82) is 0 Å². The molecule has 0 bridgehead atoms. The second-order valence-electron chi connectivity index (χ2n) is 6.65. The molecule has 9 nitrogen and oxygen atoms in total. The molecule has 1 atom stereocenters. The Balaban J connectivity index is 1.86. The lowest BCUT2D eigenvalue weighted by molar-refractivity contribution is -0.145. The molecule has 0 aliphatic rings. The Bertz CT molecular complexity index is 698. The molecule has 1 aromatic carbocycles. The number of esters is 1. The molecule has 26 heavy (non-hydrogen) atoms. The number of nitrogens with one attached hydrogen (secondary N) is 2. The number of tetrazole rings is 1. The highest BCUT2D eigenvalue weighted by Gasteiger charge is 2.24. The second-order valence-corrected chi connectivity index (χ2v) is 6.65. The second kappa shape index (κ2) is 8.93. The zero-order chi connectivity index (χ0) is 19.0. The fraction of sp³-hybridized carbons (Fsp3) is 0.471. The van der Waals surface area contributed by atoms with Crippen molar-refractivity contribution in [3.05, 3.63) is 41.7 Å². The fourth-order valence-electron chi connectivity index (χ4n) is 2.11. The average molecular weight is 361 g/mol. The van der Waals surface area contributed by atoms with E-state index in [1.807, 2.05) is 30.3 Å². The van der Waals surface area contributed by atoms with E-state index in [2.05, 4.69) is 25.9 Å². The minimum absolute atomic E-state index is 0.0852. The molecule has 2 N–H and O–H groups in total. The lowest BCUT2D eigenvalue weighted by atomic mass is 10.1. The zero-order valence-electron chi connectivity index (χ0n) is 15.1. The van der Waals surface area contributed by atoms with Crippen molar-refractivity contribution >= 4 is 12.1 Å². The summed E-state index contributed by atoms with van der Waals surface area (Å²) in [4.78, 5) is 24.0. The number of ether oxygens (including phenoxy) is 2. The third-order valence-electron chi connectivity index (χ3n) is 3.24. The maximum absolute atomic E-state index is 12.0. The molecule has 0 spiro atoms. The number of hydrogen-bond acceptors (Lipinski definition) is 7. The number of carbonyl (C=O) groups is 2. The maximum Gasteiger partial charge on any atom is 0.408 e. The summed E-state index contributed by atoms with van der Waals surface area (Å²) in [6.45, 7) is 5.48. The first-order valence-corrected chi connectivity index (χ1v) is 8.26. The quantitative estimate of drug-likeness (QED) is 0.726. The summed E-state index contributed by atoms with van der Waals surface area (Å²) in [5, 5.41) is 16.2. The van der Waals surface area contributed by atoms with Gasteiger partial charge in [-0.3, -0.25) is 4.79 Å². The molecule has 0 fully saturated rings. The number of amides is 1. The Morgan fingerprint density at radius 1 is 1.23 bits per heavy atom. The summed E-state index contributed by atoms with van der Waals surface area (Å²) in [5.74, 6) is -0.111. The van der Waals surface area contributed by atoms with Crippen LogP contribution in [-0.4, -0.2) is 38.3 Å². The van der Waals surface area contributed by atoms with Crippen LogP contribution in [0.25, 0.3) is 0 Å². The molecular weight excluding hydrogens is 338 g/mol. The molecule has 9 heteroatoms. The van der Waals surface area contributed by atoms with Crippen LogP contribution in [0.15, 0.2) is 30.3 Å². The fourth-order valence-corrected chi connectivity index (χ4v) is 2.11. The summed E-state index contributed by atoms with van der Waals surface area (Å²) in [7, 11) is 0. The van der Waals surface area contributed by atoms with Gasteiger partial charge in [0.25, 0.3) is 0 Å². The smallest absolute Gasteiger partial charge is 0.408 e. The third-order valence-corrected chi connectivity index (χ3v) is 3.24. The summed E-state index contributed by atoms with van der Waals surface area (Å²) >= 11 is 0. The molecule has 0 aliphatic heterocycles. The number of aromatic amines is 1. The summed E-state index contributed by atoms with van der Waals surface area (Å²) in [6.07, 6.45) is -0.279. The highest BCUT2D eigenvalue weighted by molar-refractivity contribution is 5.70. The molecule has 2 rings (SSSR count). The summed E-state index contributed by atoms with van der Waals surface area (Å²) in [5.41, 5.74) is 0.267. The van der Waals surface area contributed by atoms with Crippen LogP contribution in [0.2, 0.25) is 0 Å². The van der Waals surface area contributed by atoms with Gasteiger partial charge in [0.15, 0.2) is 5.82 Å². The van der Waals surface area contributed by atoms with Gasteiger partial charge in [-0.15, -0.1) is 10.2 Å². The van der Waals surface area contributed by atoms with E-state index in [-0.39, 0.29) is 31.2 Å². The monoisotopic (exact) mass is 361 g/mol. The first-order valence-electron chi connectivity index (χ1n) is 8.26. The molecule has 0 aliphatic carbocycles. The summed E-state index contributed by atoms with van der Waals surface area (Å²) in [6, 6.07) is 8.77. The van der Waals surface area contributed by atoms with E-state index in [0.717, 1.165) is 5.56 Å². The van der Waals surface area contributed by atoms with Crippen LogP contribution in [0.5, 0.6) is 0 Å². The maximum atomic E-state index is 12.0. The Hall–Kier alpha value is -2.97. The van der Waals surface area contributed by atoms with E-state index in [1.165, 1.54) is 0 Å². The number of aromatic nitrogens is 4. The van der Waals surface area contributed by atoms with Gasteiger partial charge in [-0.1, -0.05) is 35.5 Å². The minimum atomic E-state index is -0.638. The highest BCUT2D eigenvalue weighted by Crippen LogP contribution is 2.16. The van der Waals surface area contributed by atoms with E-state index >= 15 is 0 Å². The van der Waals surface area contributed by atoms with Crippen molar-refractivity contribution in [3.63, 3.8) is 0 Å². The van der Waals surface area contributed by atoms with Crippen molar-refractivity contribution in [3.8, 4) is 0 Å². The highest BCUT2D eigenvalue weighted by atomic mass is 16.6. The van der Waals surface area contributed by atoms with E-state index in [0.29, 0.717) is 0 Å². The number of benzene rings is 1. The van der Waals surface area contributed by atoms with Crippen LogP contribution in [0, 0.1) is 0 Å². The van der Waals surface area contributed by atoms with Crippen molar-refractivity contribution in [2.45, 2.75) is 51.9 Å². The van der Waals surface area contributed by atoms with Crippen LogP contribution in [-0.2, 0) is 20.9 Å². The van der Waals surface area contributed by atoms with Gasteiger partial charge in [-0.2, -0.15) is 5.21 Å². The van der Waals surface area contributed by atoms with Gasteiger partial charge in [0, 0.05) is 6.42 Å². The lowest BCUT2D eigenvalue weighted by Gasteiger charge is -2.22. The van der Waals surface area contributed by atoms with Crippen LogP contribution >= 0.6 is 0 Å². The Morgan fingerprint density at radius 3 is 2.58 bits per heavy atom. The predicted octanol–water partition coefficient (Wildman–Crippen LogP) is 2.29. The summed E-state index contributed by atoms with van der Waals surface area (Å²) < 4.78 is 10.5. The van der Waals surface area contributed by atoms with Crippen molar-refractivity contribution < 1.29 is 19.1 Å². The largest absolute Gasteiger partial charge is 0.461 e. The number of alkyl carbamates (subject to hydrolysis) is 1. The molecule has 1 amide bonds. The SMILES string of the molecule is CC(C)(C)OC(=O)N[C@@H](CCC(=O)OCc1ccccc1)c1nn[nH]n1. The first-order chi connectivity index (χ1) is 12.3. The van der Waals surface area contributed by atoms with Gasteiger partial charge in [0.1, 0.15) is 12.2 Å². The topological polar surface area (TPSA) is 119 Å². The van der Waals surface area contributed by atoms with Gasteiger partial charge in [0.2, 0.25) is 0 Å². The van der Waals surface area contributed by atoms with Crippen LogP contribution in [0.4, 0.5) is 4.79 Å². The van der Waals surface area contributed by atoms with E-state index < -0.39 is 17.7 Å². The normalized spacial score (nSPS) is 12.3.